The van der Waals surface area contributed by atoms with Crippen molar-refractivity contribution in [1.29, 1.82) is 0 Å². The second kappa shape index (κ2) is 6.34. The summed E-state index contributed by atoms with van der Waals surface area (Å²) in [6.07, 6.45) is 3.67. The summed E-state index contributed by atoms with van der Waals surface area (Å²) < 4.78 is 24.9. The zero-order valence-corrected chi connectivity index (χ0v) is 12.9. The molecule has 0 unspecified atom stereocenters. The molecule has 0 saturated carbocycles. The van der Waals surface area contributed by atoms with Crippen molar-refractivity contribution in [2.45, 2.75) is 37.4 Å². The molecule has 120 valence electrons. The third kappa shape index (κ3) is 2.88. The lowest BCUT2D eigenvalue weighted by Crippen LogP contribution is -2.56. The predicted octanol–water partition coefficient (Wildman–Crippen LogP) is 2.63. The highest BCUT2D eigenvalue weighted by molar-refractivity contribution is 5.94. The van der Waals surface area contributed by atoms with Gasteiger partial charge in [-0.25, -0.2) is 4.39 Å². The van der Waals surface area contributed by atoms with Crippen LogP contribution in [0.4, 0.5) is 4.39 Å². The highest BCUT2D eigenvalue weighted by Crippen LogP contribution is 2.37. The van der Waals surface area contributed by atoms with E-state index in [0.29, 0.717) is 18.7 Å². The number of amides is 1. The Balaban J connectivity index is 1.67. The molecule has 0 bridgehead atoms. The van der Waals surface area contributed by atoms with Crippen molar-refractivity contribution in [1.82, 2.24) is 4.90 Å². The first-order valence-electron chi connectivity index (χ1n) is 7.86. The van der Waals surface area contributed by atoms with Gasteiger partial charge in [0.1, 0.15) is 5.82 Å². The van der Waals surface area contributed by atoms with Crippen LogP contribution in [0.15, 0.2) is 24.3 Å². The number of ether oxygens (including phenoxy) is 2. The summed E-state index contributed by atoms with van der Waals surface area (Å²) >= 11 is 0. The highest BCUT2D eigenvalue weighted by Gasteiger charge is 2.45. The van der Waals surface area contributed by atoms with Crippen molar-refractivity contribution in [2.75, 3.05) is 26.8 Å². The van der Waals surface area contributed by atoms with Crippen molar-refractivity contribution in [3.05, 3.63) is 35.6 Å². The summed E-state index contributed by atoms with van der Waals surface area (Å²) in [5.74, 6) is -0.492. The quantitative estimate of drug-likeness (QED) is 0.843. The SMILES string of the molecule is CO[C@@H]1CCCOC12CCN(C(=O)c1cccc(F)c1)CC2. The zero-order chi connectivity index (χ0) is 15.6. The lowest BCUT2D eigenvalue weighted by atomic mass is 9.81. The van der Waals surface area contributed by atoms with Crippen LogP contribution in [0, 0.1) is 5.82 Å². The molecule has 2 saturated heterocycles. The van der Waals surface area contributed by atoms with E-state index in [4.69, 9.17) is 9.47 Å². The Kier molecular flexibility index (Phi) is 4.45. The first kappa shape index (κ1) is 15.4. The fraction of sp³-hybridized carbons (Fsp3) is 0.588. The maximum Gasteiger partial charge on any atom is 0.253 e. The van der Waals surface area contributed by atoms with Crippen molar-refractivity contribution >= 4 is 5.91 Å². The number of hydrogen-bond acceptors (Lipinski definition) is 3. The maximum absolute atomic E-state index is 13.3. The molecule has 1 spiro atoms. The fourth-order valence-electron chi connectivity index (χ4n) is 3.59. The Morgan fingerprint density at radius 2 is 2.18 bits per heavy atom. The van der Waals surface area contributed by atoms with Gasteiger partial charge in [-0.3, -0.25) is 4.79 Å². The van der Waals surface area contributed by atoms with E-state index >= 15 is 0 Å². The minimum atomic E-state index is -0.380. The standard InChI is InChI=1S/C17H22FNO3/c1-21-15-6-3-11-22-17(15)7-9-19(10-8-17)16(20)13-4-2-5-14(18)12-13/h2,4-5,12,15H,3,6-11H2,1H3/t15-/m1/s1. The summed E-state index contributed by atoms with van der Waals surface area (Å²) in [5, 5.41) is 0. The van der Waals surface area contributed by atoms with Crippen molar-refractivity contribution in [3.63, 3.8) is 0 Å². The molecule has 0 aromatic heterocycles. The van der Waals surface area contributed by atoms with Crippen LogP contribution >= 0.6 is 0 Å². The van der Waals surface area contributed by atoms with Gasteiger partial charge in [0, 0.05) is 32.4 Å². The number of halogens is 1. The number of carbonyl (C=O) groups excluding carboxylic acids is 1. The lowest BCUT2D eigenvalue weighted by Gasteiger charge is -2.48. The second-order valence-corrected chi connectivity index (χ2v) is 6.08. The molecular weight excluding hydrogens is 285 g/mol. The zero-order valence-electron chi connectivity index (χ0n) is 12.9. The van der Waals surface area contributed by atoms with Crippen LogP contribution in [0.1, 0.15) is 36.0 Å². The van der Waals surface area contributed by atoms with Gasteiger partial charge in [-0.1, -0.05) is 6.07 Å². The molecule has 3 rings (SSSR count). The molecule has 1 amide bonds. The third-order valence-electron chi connectivity index (χ3n) is 4.84. The Hall–Kier alpha value is -1.46. The van der Waals surface area contributed by atoms with E-state index in [-0.39, 0.29) is 23.4 Å². The molecule has 1 aromatic rings. The molecule has 1 aromatic carbocycles. The summed E-state index contributed by atoms with van der Waals surface area (Å²) in [7, 11) is 1.73. The summed E-state index contributed by atoms with van der Waals surface area (Å²) in [6.45, 7) is 2.00. The average Bonchev–Trinajstić information content (AvgIpc) is 2.55. The van der Waals surface area contributed by atoms with Crippen molar-refractivity contribution in [2.24, 2.45) is 0 Å². The second-order valence-electron chi connectivity index (χ2n) is 6.08. The van der Waals surface area contributed by atoms with Crippen LogP contribution in [0.3, 0.4) is 0 Å². The summed E-state index contributed by atoms with van der Waals surface area (Å²) in [4.78, 5) is 14.2. The van der Waals surface area contributed by atoms with Crippen LogP contribution in [0.2, 0.25) is 0 Å². The molecule has 4 nitrogen and oxygen atoms in total. The molecule has 2 fully saturated rings. The summed E-state index contributed by atoms with van der Waals surface area (Å²) in [6, 6.07) is 5.87. The lowest BCUT2D eigenvalue weighted by molar-refractivity contribution is -0.183. The number of methoxy groups -OCH3 is 1. The van der Waals surface area contributed by atoms with E-state index in [1.165, 1.54) is 12.1 Å². The van der Waals surface area contributed by atoms with E-state index in [1.54, 1.807) is 24.1 Å². The molecule has 1 atom stereocenters. The molecule has 2 aliphatic heterocycles. The smallest absolute Gasteiger partial charge is 0.253 e. The topological polar surface area (TPSA) is 38.8 Å². The fourth-order valence-corrected chi connectivity index (χ4v) is 3.59. The number of hydrogen-bond donors (Lipinski definition) is 0. The van der Waals surface area contributed by atoms with Gasteiger partial charge in [0.05, 0.1) is 11.7 Å². The minimum Gasteiger partial charge on any atom is -0.378 e. The van der Waals surface area contributed by atoms with E-state index in [9.17, 15) is 9.18 Å². The Morgan fingerprint density at radius 3 is 2.86 bits per heavy atom. The Bertz CT molecular complexity index is 540. The van der Waals surface area contributed by atoms with E-state index in [2.05, 4.69) is 0 Å². The molecule has 0 aliphatic carbocycles. The molecule has 2 aliphatic rings. The highest BCUT2D eigenvalue weighted by atomic mass is 19.1. The third-order valence-corrected chi connectivity index (χ3v) is 4.84. The largest absolute Gasteiger partial charge is 0.378 e. The van der Waals surface area contributed by atoms with Gasteiger partial charge in [0.15, 0.2) is 0 Å². The van der Waals surface area contributed by atoms with Gasteiger partial charge in [-0.15, -0.1) is 0 Å². The molecular formula is C17H22FNO3. The first-order valence-corrected chi connectivity index (χ1v) is 7.86. The number of nitrogens with zero attached hydrogens (tertiary/aromatic N) is 1. The van der Waals surface area contributed by atoms with Gasteiger partial charge >= 0.3 is 0 Å². The van der Waals surface area contributed by atoms with Crippen molar-refractivity contribution < 1.29 is 18.7 Å². The molecule has 5 heteroatoms. The molecule has 22 heavy (non-hydrogen) atoms. The minimum absolute atomic E-state index is 0.104. The first-order chi connectivity index (χ1) is 10.6. The van der Waals surface area contributed by atoms with Gasteiger partial charge < -0.3 is 14.4 Å². The Morgan fingerprint density at radius 1 is 1.41 bits per heavy atom. The van der Waals surface area contributed by atoms with Crippen LogP contribution in [-0.4, -0.2) is 49.3 Å². The summed E-state index contributed by atoms with van der Waals surface area (Å²) in [5.41, 5.74) is 0.148. The van der Waals surface area contributed by atoms with Crippen LogP contribution < -0.4 is 0 Å². The number of carbonyl (C=O) groups is 1. The monoisotopic (exact) mass is 307 g/mol. The van der Waals surface area contributed by atoms with Crippen LogP contribution in [0.25, 0.3) is 0 Å². The molecule has 0 radical (unpaired) electrons. The molecule has 2 heterocycles. The average molecular weight is 307 g/mol. The van der Waals surface area contributed by atoms with E-state index in [1.807, 2.05) is 0 Å². The predicted molar refractivity (Wildman–Crippen MR) is 80.3 cm³/mol. The van der Waals surface area contributed by atoms with Gasteiger partial charge in [0.2, 0.25) is 0 Å². The number of likely N-dealkylation sites (tertiary alicyclic amines) is 1. The van der Waals surface area contributed by atoms with Gasteiger partial charge in [-0.2, -0.15) is 0 Å². The normalized spacial score (nSPS) is 24.5. The van der Waals surface area contributed by atoms with E-state index < -0.39 is 0 Å². The van der Waals surface area contributed by atoms with Crippen LogP contribution in [-0.2, 0) is 9.47 Å². The number of benzene rings is 1. The van der Waals surface area contributed by atoms with E-state index in [0.717, 1.165) is 32.3 Å². The number of rotatable bonds is 2. The Labute approximate surface area is 130 Å². The van der Waals surface area contributed by atoms with Gasteiger partial charge in [-0.05, 0) is 43.9 Å². The van der Waals surface area contributed by atoms with Crippen molar-refractivity contribution in [3.8, 4) is 0 Å². The number of piperidine rings is 1. The van der Waals surface area contributed by atoms with Crippen LogP contribution in [0.5, 0.6) is 0 Å². The maximum atomic E-state index is 13.3. The van der Waals surface area contributed by atoms with Gasteiger partial charge in [0.25, 0.3) is 5.91 Å². The molecule has 0 N–H and O–H groups in total.